The number of nitro groups is 1. The quantitative estimate of drug-likeness (QED) is 0.397. The summed E-state index contributed by atoms with van der Waals surface area (Å²) >= 11 is 6.11. The molecule has 3 aliphatic rings. The lowest BCUT2D eigenvalue weighted by molar-refractivity contribution is -0.433. The number of nitrogens with zero attached hydrogens (tertiary/aromatic N) is 1. The van der Waals surface area contributed by atoms with Crippen LogP contribution in [-0.2, 0) is 19.6 Å². The van der Waals surface area contributed by atoms with Crippen LogP contribution in [0.25, 0.3) is 0 Å². The van der Waals surface area contributed by atoms with Crippen molar-refractivity contribution in [1.29, 1.82) is 0 Å². The summed E-state index contributed by atoms with van der Waals surface area (Å²) in [5.41, 5.74) is -0.260. The lowest BCUT2D eigenvalue weighted by Crippen LogP contribution is -2.49. The van der Waals surface area contributed by atoms with Gasteiger partial charge >= 0.3 is 0 Å². The van der Waals surface area contributed by atoms with Gasteiger partial charge in [0.25, 0.3) is 15.7 Å². The average molecular weight is 463 g/mol. The second-order valence-electron chi connectivity index (χ2n) is 7.29. The van der Waals surface area contributed by atoms with Crippen LogP contribution in [0, 0.1) is 33.8 Å². The zero-order valence-corrected chi connectivity index (χ0v) is 17.2. The van der Waals surface area contributed by atoms with Crippen LogP contribution in [0.5, 0.6) is 5.75 Å². The Morgan fingerprint density at radius 1 is 1.03 bits per heavy atom. The Hall–Kier alpha value is -3.24. The number of anilines is 1. The van der Waals surface area contributed by atoms with Gasteiger partial charge in [0.15, 0.2) is 5.78 Å². The normalized spacial score (nSPS) is 27.5. The topological polar surface area (TPSA) is 144 Å². The van der Waals surface area contributed by atoms with E-state index in [1.165, 1.54) is 42.5 Å². The maximum Gasteiger partial charge on any atom is 0.261 e. The number of carbonyl (C=O) groups excluding carboxylic acids is 2. The molecule has 0 amide bonds. The number of allylic oxidation sites excluding steroid dienone is 7. The van der Waals surface area contributed by atoms with E-state index in [1.807, 2.05) is 0 Å². The Morgan fingerprint density at radius 2 is 1.68 bits per heavy atom. The van der Waals surface area contributed by atoms with E-state index in [9.17, 15) is 33.2 Å². The standard InChI is InChI=1S/C20H15ClN2O7S/c21-15-7-8-16(23(27)28)18-17(15)19(25)13-6-5-12(9-14(13)20(18)26)31(29,30)22-10-1-3-11(24)4-2-10/h1-9,13-14,17-18,22,24H. The van der Waals surface area contributed by atoms with Crippen molar-refractivity contribution in [3.05, 3.63) is 80.4 Å². The molecular formula is C20H15ClN2O7S. The SMILES string of the molecule is O=C1C2C=CC(S(=O)(=O)Nc3ccc(O)cc3)=CC2C(=O)C2C([N+](=O)[O-])=CC=C(Cl)C12. The maximum absolute atomic E-state index is 13.2. The number of hydrogen-bond acceptors (Lipinski definition) is 7. The number of phenols is 1. The summed E-state index contributed by atoms with van der Waals surface area (Å²) in [6, 6.07) is 5.31. The van der Waals surface area contributed by atoms with Gasteiger partial charge in [0, 0.05) is 22.7 Å². The van der Waals surface area contributed by atoms with Crippen LogP contribution >= 0.6 is 11.6 Å². The first-order chi connectivity index (χ1) is 14.6. The molecule has 0 heterocycles. The van der Waals surface area contributed by atoms with Crippen LogP contribution in [0.15, 0.2) is 70.3 Å². The number of phenolic OH excluding ortho intramolecular Hbond substituents is 1. The van der Waals surface area contributed by atoms with Crippen molar-refractivity contribution in [3.63, 3.8) is 0 Å². The van der Waals surface area contributed by atoms with Crippen molar-refractivity contribution in [2.75, 3.05) is 4.72 Å². The Balaban J connectivity index is 1.69. The van der Waals surface area contributed by atoms with E-state index in [0.29, 0.717) is 0 Å². The van der Waals surface area contributed by atoms with Gasteiger partial charge in [0.05, 0.1) is 21.7 Å². The molecule has 9 nitrogen and oxygen atoms in total. The highest BCUT2D eigenvalue weighted by molar-refractivity contribution is 7.96. The summed E-state index contributed by atoms with van der Waals surface area (Å²) in [7, 11) is -4.12. The Kier molecular flexibility index (Phi) is 5.06. The van der Waals surface area contributed by atoms with Gasteiger partial charge in [-0.2, -0.15) is 0 Å². The third-order valence-electron chi connectivity index (χ3n) is 5.47. The molecule has 0 aliphatic heterocycles. The third-order valence-corrected chi connectivity index (χ3v) is 7.23. The largest absolute Gasteiger partial charge is 0.508 e. The summed E-state index contributed by atoms with van der Waals surface area (Å²) < 4.78 is 27.9. The first-order valence-electron chi connectivity index (χ1n) is 9.11. The number of rotatable bonds is 4. The van der Waals surface area contributed by atoms with Crippen molar-refractivity contribution in [2.45, 2.75) is 0 Å². The highest BCUT2D eigenvalue weighted by Gasteiger charge is 2.55. The number of ketones is 2. The number of halogens is 1. The number of hydrogen-bond donors (Lipinski definition) is 2. The molecule has 4 atom stereocenters. The smallest absolute Gasteiger partial charge is 0.261 e. The molecule has 1 fully saturated rings. The van der Waals surface area contributed by atoms with Crippen molar-refractivity contribution >= 4 is 38.9 Å². The number of sulfonamides is 1. The molecule has 0 bridgehead atoms. The van der Waals surface area contributed by atoms with Crippen LogP contribution in [0.1, 0.15) is 0 Å². The lowest BCUT2D eigenvalue weighted by atomic mass is 9.63. The molecule has 0 saturated heterocycles. The highest BCUT2D eigenvalue weighted by Crippen LogP contribution is 2.46. The van der Waals surface area contributed by atoms with Gasteiger partial charge < -0.3 is 5.11 Å². The summed E-state index contributed by atoms with van der Waals surface area (Å²) in [5.74, 6) is -5.82. The van der Waals surface area contributed by atoms with E-state index in [0.717, 1.165) is 12.2 Å². The molecular weight excluding hydrogens is 448 g/mol. The number of Topliss-reactive ketones (excluding diaryl/α,β-unsaturated/α-hetero) is 2. The number of carbonyl (C=O) groups is 2. The molecule has 11 heteroatoms. The molecule has 1 aromatic carbocycles. The van der Waals surface area contributed by atoms with Crippen molar-refractivity contribution in [3.8, 4) is 5.75 Å². The molecule has 31 heavy (non-hydrogen) atoms. The lowest BCUT2D eigenvalue weighted by Gasteiger charge is -2.37. The molecule has 1 saturated carbocycles. The van der Waals surface area contributed by atoms with Crippen LogP contribution in [0.3, 0.4) is 0 Å². The maximum atomic E-state index is 13.2. The Bertz CT molecular complexity index is 1230. The van der Waals surface area contributed by atoms with Gasteiger partial charge in [-0.05, 0) is 36.4 Å². The number of aromatic hydroxyl groups is 1. The first-order valence-corrected chi connectivity index (χ1v) is 11.0. The summed E-state index contributed by atoms with van der Waals surface area (Å²) in [4.78, 5) is 36.6. The minimum absolute atomic E-state index is 0.0391. The predicted octanol–water partition coefficient (Wildman–Crippen LogP) is 2.50. The van der Waals surface area contributed by atoms with Crippen LogP contribution in [-0.4, -0.2) is 30.0 Å². The monoisotopic (exact) mass is 462 g/mol. The second-order valence-corrected chi connectivity index (χ2v) is 9.41. The molecule has 4 rings (SSSR count). The summed E-state index contributed by atoms with van der Waals surface area (Å²) in [6.07, 6.45) is 6.03. The molecule has 2 N–H and O–H groups in total. The predicted molar refractivity (Wildman–Crippen MR) is 111 cm³/mol. The summed E-state index contributed by atoms with van der Waals surface area (Å²) in [6.45, 7) is 0. The van der Waals surface area contributed by atoms with Gasteiger partial charge in [0.1, 0.15) is 17.5 Å². The zero-order valence-electron chi connectivity index (χ0n) is 15.6. The van der Waals surface area contributed by atoms with Gasteiger partial charge in [0.2, 0.25) is 0 Å². The van der Waals surface area contributed by atoms with Gasteiger partial charge in [-0.25, -0.2) is 8.42 Å². The number of fused-ring (bicyclic) bond motifs is 2. The molecule has 160 valence electrons. The van der Waals surface area contributed by atoms with Gasteiger partial charge in [-0.15, -0.1) is 0 Å². The van der Waals surface area contributed by atoms with Crippen LogP contribution < -0.4 is 4.72 Å². The molecule has 1 aromatic rings. The van der Waals surface area contributed by atoms with Crippen molar-refractivity contribution in [2.24, 2.45) is 23.7 Å². The van der Waals surface area contributed by atoms with E-state index >= 15 is 0 Å². The Morgan fingerprint density at radius 3 is 2.32 bits per heavy atom. The highest BCUT2D eigenvalue weighted by atomic mass is 35.5. The molecule has 0 aromatic heterocycles. The van der Waals surface area contributed by atoms with Gasteiger partial charge in [-0.3, -0.25) is 24.4 Å². The zero-order chi connectivity index (χ0) is 22.5. The van der Waals surface area contributed by atoms with Gasteiger partial charge in [-0.1, -0.05) is 23.8 Å². The van der Waals surface area contributed by atoms with Crippen LogP contribution in [0.2, 0.25) is 0 Å². The van der Waals surface area contributed by atoms with E-state index in [2.05, 4.69) is 4.72 Å². The number of nitrogens with one attached hydrogen (secondary N) is 1. The minimum atomic E-state index is -4.12. The van der Waals surface area contributed by atoms with Crippen molar-refractivity contribution in [1.82, 2.24) is 0 Å². The fourth-order valence-electron chi connectivity index (χ4n) is 4.01. The molecule has 4 unspecified atom stereocenters. The molecule has 0 radical (unpaired) electrons. The average Bonchev–Trinajstić information content (AvgIpc) is 2.72. The number of benzene rings is 1. The fourth-order valence-corrected chi connectivity index (χ4v) is 5.45. The van der Waals surface area contributed by atoms with Crippen molar-refractivity contribution < 1.29 is 28.0 Å². The minimum Gasteiger partial charge on any atom is -0.508 e. The Labute approximate surface area is 181 Å². The van der Waals surface area contributed by atoms with E-state index < -0.39 is 55.9 Å². The van der Waals surface area contributed by atoms with E-state index in [1.54, 1.807) is 0 Å². The molecule has 3 aliphatic carbocycles. The van der Waals surface area contributed by atoms with E-state index in [-0.39, 0.29) is 21.4 Å². The third kappa shape index (κ3) is 3.57. The first kappa shape index (κ1) is 21.0. The van der Waals surface area contributed by atoms with E-state index in [4.69, 9.17) is 11.6 Å². The fraction of sp³-hybridized carbons (Fsp3) is 0.200. The second kappa shape index (κ2) is 7.47. The summed E-state index contributed by atoms with van der Waals surface area (Å²) in [5, 5.41) is 20.8. The van der Waals surface area contributed by atoms with Crippen LogP contribution in [0.4, 0.5) is 5.69 Å². The molecule has 0 spiro atoms.